The lowest BCUT2D eigenvalue weighted by Crippen LogP contribution is -2.45. The molecule has 0 rings (SSSR count). The topological polar surface area (TPSA) is 69.6 Å². The maximum atomic E-state index is 12.5. The number of hydrogen-bond acceptors (Lipinski definition) is 3. The average molecular weight is 969 g/mol. The van der Waals surface area contributed by atoms with E-state index in [-0.39, 0.29) is 12.5 Å². The Hall–Kier alpha value is -1.39. The molecule has 69 heavy (non-hydrogen) atoms. The quantitative estimate of drug-likeness (QED) is 0.0420. The fourth-order valence-electron chi connectivity index (χ4n) is 10.0. The second-order valence-electron chi connectivity index (χ2n) is 21.8. The van der Waals surface area contributed by atoms with Gasteiger partial charge in [0.15, 0.2) is 0 Å². The number of nitrogens with one attached hydrogen (secondary N) is 1. The minimum atomic E-state index is -0.840. The van der Waals surface area contributed by atoms with Crippen LogP contribution in [-0.4, -0.2) is 34.9 Å². The number of allylic oxidation sites excluding steroid dienone is 5. The van der Waals surface area contributed by atoms with Crippen LogP contribution in [0.25, 0.3) is 0 Å². The molecular formula is C65H125NO3. The van der Waals surface area contributed by atoms with Crippen LogP contribution in [-0.2, 0) is 4.79 Å². The van der Waals surface area contributed by atoms with Crippen molar-refractivity contribution >= 4 is 5.91 Å². The number of unbranched alkanes of at least 4 members (excludes halogenated alkanes) is 48. The molecule has 1 amide bonds. The van der Waals surface area contributed by atoms with Crippen LogP contribution in [0.15, 0.2) is 36.5 Å². The lowest BCUT2D eigenvalue weighted by Gasteiger charge is -2.20. The smallest absolute Gasteiger partial charge is 0.220 e. The molecule has 4 heteroatoms. The molecule has 0 aliphatic carbocycles. The molecule has 0 fully saturated rings. The predicted octanol–water partition coefficient (Wildman–Crippen LogP) is 21.2. The Morgan fingerprint density at radius 2 is 0.594 bits per heavy atom. The van der Waals surface area contributed by atoms with Gasteiger partial charge in [0, 0.05) is 6.42 Å². The number of carbonyl (C=O) groups excluding carboxylic acids is 1. The molecular weight excluding hydrogens is 843 g/mol. The number of carbonyl (C=O) groups is 1. The Labute approximate surface area is 433 Å². The molecule has 408 valence electrons. The number of aliphatic hydroxyl groups is 2. The van der Waals surface area contributed by atoms with Gasteiger partial charge in [0.1, 0.15) is 0 Å². The summed E-state index contributed by atoms with van der Waals surface area (Å²) in [4.78, 5) is 12.5. The van der Waals surface area contributed by atoms with E-state index in [2.05, 4.69) is 43.5 Å². The van der Waals surface area contributed by atoms with Gasteiger partial charge >= 0.3 is 0 Å². The highest BCUT2D eigenvalue weighted by atomic mass is 16.3. The maximum absolute atomic E-state index is 12.5. The van der Waals surface area contributed by atoms with E-state index >= 15 is 0 Å². The van der Waals surface area contributed by atoms with Crippen molar-refractivity contribution in [3.05, 3.63) is 36.5 Å². The summed E-state index contributed by atoms with van der Waals surface area (Å²) in [5.74, 6) is -0.0576. The molecule has 0 aliphatic rings. The van der Waals surface area contributed by atoms with E-state index < -0.39 is 12.1 Å². The van der Waals surface area contributed by atoms with Crippen molar-refractivity contribution in [2.45, 2.75) is 366 Å². The van der Waals surface area contributed by atoms with E-state index in [9.17, 15) is 15.0 Å². The van der Waals surface area contributed by atoms with Crippen molar-refractivity contribution in [2.75, 3.05) is 6.61 Å². The molecule has 0 heterocycles. The lowest BCUT2D eigenvalue weighted by atomic mass is 10.0. The second-order valence-corrected chi connectivity index (χ2v) is 21.8. The van der Waals surface area contributed by atoms with Gasteiger partial charge in [0.25, 0.3) is 0 Å². The first-order valence-corrected chi connectivity index (χ1v) is 31.7. The van der Waals surface area contributed by atoms with Gasteiger partial charge in [-0.3, -0.25) is 4.79 Å². The summed E-state index contributed by atoms with van der Waals surface area (Å²) < 4.78 is 0. The minimum absolute atomic E-state index is 0.0576. The highest BCUT2D eigenvalue weighted by Gasteiger charge is 2.18. The number of rotatable bonds is 59. The Morgan fingerprint density at radius 3 is 0.870 bits per heavy atom. The Morgan fingerprint density at radius 1 is 0.348 bits per heavy atom. The van der Waals surface area contributed by atoms with E-state index in [0.717, 1.165) is 32.1 Å². The van der Waals surface area contributed by atoms with Crippen molar-refractivity contribution in [1.29, 1.82) is 0 Å². The average Bonchev–Trinajstić information content (AvgIpc) is 3.35. The first kappa shape index (κ1) is 67.6. The highest BCUT2D eigenvalue weighted by molar-refractivity contribution is 5.76. The third-order valence-electron chi connectivity index (χ3n) is 14.9. The molecule has 3 N–H and O–H groups in total. The van der Waals surface area contributed by atoms with Gasteiger partial charge in [-0.15, -0.1) is 0 Å². The normalized spacial score (nSPS) is 12.9. The Balaban J connectivity index is 3.44. The van der Waals surface area contributed by atoms with Crippen LogP contribution in [0.4, 0.5) is 0 Å². The summed E-state index contributed by atoms with van der Waals surface area (Å²) in [6, 6.07) is -0.622. The van der Waals surface area contributed by atoms with Crippen LogP contribution in [0, 0.1) is 0 Å². The second kappa shape index (κ2) is 60.9. The molecule has 0 saturated heterocycles. The third-order valence-corrected chi connectivity index (χ3v) is 14.9. The van der Waals surface area contributed by atoms with E-state index in [1.807, 2.05) is 6.08 Å². The highest BCUT2D eigenvalue weighted by Crippen LogP contribution is 2.18. The zero-order valence-electron chi connectivity index (χ0n) is 47.1. The molecule has 0 aromatic rings. The van der Waals surface area contributed by atoms with E-state index in [4.69, 9.17) is 0 Å². The third kappa shape index (κ3) is 57.4. The zero-order valence-corrected chi connectivity index (χ0v) is 47.1. The van der Waals surface area contributed by atoms with Crippen LogP contribution in [0.2, 0.25) is 0 Å². The van der Waals surface area contributed by atoms with Crippen molar-refractivity contribution in [2.24, 2.45) is 0 Å². The van der Waals surface area contributed by atoms with Crippen molar-refractivity contribution < 1.29 is 15.0 Å². The van der Waals surface area contributed by atoms with Gasteiger partial charge in [-0.25, -0.2) is 0 Å². The maximum Gasteiger partial charge on any atom is 0.220 e. The summed E-state index contributed by atoms with van der Waals surface area (Å²) in [6.45, 7) is 4.34. The largest absolute Gasteiger partial charge is 0.394 e. The first-order valence-electron chi connectivity index (χ1n) is 31.7. The fourth-order valence-corrected chi connectivity index (χ4v) is 10.0. The molecule has 0 aliphatic heterocycles. The Bertz CT molecular complexity index is 1050. The van der Waals surface area contributed by atoms with Gasteiger partial charge in [-0.1, -0.05) is 333 Å². The molecule has 0 saturated carbocycles. The Kier molecular flexibility index (Phi) is 59.7. The van der Waals surface area contributed by atoms with Gasteiger partial charge in [0.2, 0.25) is 5.91 Å². The molecule has 2 unspecified atom stereocenters. The van der Waals surface area contributed by atoms with Crippen LogP contribution in [0.3, 0.4) is 0 Å². The van der Waals surface area contributed by atoms with Gasteiger partial charge in [-0.05, 0) is 51.4 Å². The fraction of sp³-hybridized carbons (Fsp3) is 0.892. The van der Waals surface area contributed by atoms with E-state index in [1.165, 1.54) is 302 Å². The molecule has 0 radical (unpaired) electrons. The van der Waals surface area contributed by atoms with Crippen LogP contribution < -0.4 is 5.32 Å². The molecule has 0 bridgehead atoms. The minimum Gasteiger partial charge on any atom is -0.394 e. The van der Waals surface area contributed by atoms with Crippen LogP contribution in [0.5, 0.6) is 0 Å². The molecule has 0 aromatic heterocycles. The number of hydrogen-bond donors (Lipinski definition) is 3. The molecule has 4 nitrogen and oxygen atoms in total. The van der Waals surface area contributed by atoms with Crippen LogP contribution in [0.1, 0.15) is 354 Å². The van der Waals surface area contributed by atoms with Crippen molar-refractivity contribution in [3.63, 3.8) is 0 Å². The molecule has 0 spiro atoms. The number of amides is 1. The van der Waals surface area contributed by atoms with E-state index in [0.29, 0.717) is 6.42 Å². The summed E-state index contributed by atoms with van der Waals surface area (Å²) in [6.07, 6.45) is 83.4. The summed E-state index contributed by atoms with van der Waals surface area (Å²) in [5, 5.41) is 23.3. The van der Waals surface area contributed by atoms with Crippen molar-refractivity contribution in [1.82, 2.24) is 5.32 Å². The predicted molar refractivity (Wildman–Crippen MR) is 308 cm³/mol. The van der Waals surface area contributed by atoms with Gasteiger partial charge in [-0.2, -0.15) is 0 Å². The molecule has 2 atom stereocenters. The van der Waals surface area contributed by atoms with Crippen LogP contribution >= 0.6 is 0 Å². The summed E-state index contributed by atoms with van der Waals surface area (Å²) in [7, 11) is 0. The lowest BCUT2D eigenvalue weighted by molar-refractivity contribution is -0.123. The summed E-state index contributed by atoms with van der Waals surface area (Å²) >= 11 is 0. The van der Waals surface area contributed by atoms with Gasteiger partial charge < -0.3 is 15.5 Å². The standard InChI is InChI=1S/C65H125NO3/c1-3-5-7-9-11-13-15-17-19-21-23-25-27-29-31-33-35-37-39-41-43-45-47-49-51-53-55-57-59-61-65(69)66-63(62-67)64(68)60-58-56-54-52-50-48-46-44-42-40-38-36-34-32-30-28-26-24-22-20-18-16-14-12-10-8-6-4-2/h15,17,21,23,58,60,63-64,67-68H,3-14,16,18-20,22,24-57,59,61-62H2,1-2H3,(H,66,69)/b17-15-,23-21-,60-58+. The summed E-state index contributed by atoms with van der Waals surface area (Å²) in [5.41, 5.74) is 0. The van der Waals surface area contributed by atoms with Crippen molar-refractivity contribution in [3.8, 4) is 0 Å². The van der Waals surface area contributed by atoms with Gasteiger partial charge in [0.05, 0.1) is 18.8 Å². The first-order chi connectivity index (χ1) is 34.2. The number of aliphatic hydroxyl groups excluding tert-OH is 2. The molecule has 0 aromatic carbocycles. The SMILES string of the molecule is CCCCCCC/C=C\C/C=C\CCCCCCCCCCCCCCCCCCCC(=O)NC(CO)C(O)/C=C/CCCCCCCCCCCCCCCCCCCCCCCCCCCC. The van der Waals surface area contributed by atoms with E-state index in [1.54, 1.807) is 6.08 Å². The monoisotopic (exact) mass is 968 g/mol. The zero-order chi connectivity index (χ0) is 49.9.